The van der Waals surface area contributed by atoms with Gasteiger partial charge in [0.15, 0.2) is 0 Å². The molecule has 0 radical (unpaired) electrons. The van der Waals surface area contributed by atoms with Crippen molar-refractivity contribution in [3.05, 3.63) is 35.9 Å². The first-order valence-corrected chi connectivity index (χ1v) is 6.10. The minimum atomic E-state index is 0. The second-order valence-electron chi connectivity index (χ2n) is 4.25. The predicted molar refractivity (Wildman–Crippen MR) is 66.7 cm³/mol. The van der Waals surface area contributed by atoms with Gasteiger partial charge in [-0.3, -0.25) is 0 Å². The van der Waals surface area contributed by atoms with Crippen molar-refractivity contribution in [1.82, 2.24) is 0 Å². The highest BCUT2D eigenvalue weighted by atomic mass is 127. The van der Waals surface area contributed by atoms with E-state index in [1.807, 2.05) is 0 Å². The lowest BCUT2D eigenvalue weighted by Gasteiger charge is -2.41. The Hall–Kier alpha value is -0.0900. The Morgan fingerprint density at radius 2 is 1.38 bits per heavy atom. The molecule has 1 nitrogen and oxygen atoms in total. The molecule has 0 aliphatic rings. The molecule has 0 saturated heterocycles. The maximum Gasteiger partial charge on any atom is 0.112 e. The van der Waals surface area contributed by atoms with Crippen LogP contribution in [0.2, 0.25) is 0 Å². The highest BCUT2D eigenvalue weighted by Gasteiger charge is 2.29. The maximum absolute atomic E-state index is 2.35. The molecule has 0 aliphatic heterocycles. The Balaban J connectivity index is 0.00000225. The van der Waals surface area contributed by atoms with Crippen molar-refractivity contribution in [2.75, 3.05) is 19.6 Å². The number of quaternary nitrogens is 1. The van der Waals surface area contributed by atoms with Crippen LogP contribution in [-0.2, 0) is 0 Å². The molecule has 2 heteroatoms. The van der Waals surface area contributed by atoms with Crippen molar-refractivity contribution < 1.29 is 28.5 Å². The van der Waals surface area contributed by atoms with E-state index in [4.69, 9.17) is 0 Å². The molecule has 0 spiro atoms. The minimum Gasteiger partial charge on any atom is -1.00 e. The van der Waals surface area contributed by atoms with E-state index >= 15 is 0 Å². The fraction of sp³-hybridized carbons (Fsp3) is 0.571. The lowest BCUT2D eigenvalue weighted by Crippen LogP contribution is -3.00. The van der Waals surface area contributed by atoms with Crippen LogP contribution in [0.5, 0.6) is 0 Å². The van der Waals surface area contributed by atoms with Gasteiger partial charge < -0.3 is 28.5 Å². The van der Waals surface area contributed by atoms with Gasteiger partial charge >= 0.3 is 0 Å². The van der Waals surface area contributed by atoms with E-state index in [2.05, 4.69) is 58.0 Å². The zero-order valence-corrected chi connectivity index (χ0v) is 13.1. The fourth-order valence-electron chi connectivity index (χ4n) is 2.54. The Labute approximate surface area is 117 Å². The van der Waals surface area contributed by atoms with Gasteiger partial charge in [0.1, 0.15) is 6.04 Å². The van der Waals surface area contributed by atoms with E-state index in [0.29, 0.717) is 6.04 Å². The number of hydrogen-bond donors (Lipinski definition) is 0. The summed E-state index contributed by atoms with van der Waals surface area (Å²) in [5.41, 5.74) is 1.46. The van der Waals surface area contributed by atoms with E-state index in [1.54, 1.807) is 0 Å². The maximum atomic E-state index is 2.35. The summed E-state index contributed by atoms with van der Waals surface area (Å²) in [6.45, 7) is 12.9. The Morgan fingerprint density at radius 1 is 0.938 bits per heavy atom. The van der Waals surface area contributed by atoms with Crippen LogP contribution >= 0.6 is 0 Å². The van der Waals surface area contributed by atoms with Gasteiger partial charge in [-0.05, 0) is 27.7 Å². The molecule has 1 atom stereocenters. The van der Waals surface area contributed by atoms with E-state index in [1.165, 1.54) is 29.7 Å². The molecule has 0 aliphatic carbocycles. The number of benzene rings is 1. The normalized spacial score (nSPS) is 13.0. The molecular weight excluding hydrogens is 309 g/mol. The van der Waals surface area contributed by atoms with Gasteiger partial charge in [-0.25, -0.2) is 0 Å². The summed E-state index contributed by atoms with van der Waals surface area (Å²) in [6, 6.07) is 11.5. The van der Waals surface area contributed by atoms with Crippen LogP contribution in [-0.4, -0.2) is 24.1 Å². The van der Waals surface area contributed by atoms with Crippen molar-refractivity contribution in [2.45, 2.75) is 33.7 Å². The zero-order chi connectivity index (χ0) is 11.3. The van der Waals surface area contributed by atoms with E-state index in [-0.39, 0.29) is 24.0 Å². The molecule has 92 valence electrons. The molecule has 1 rings (SSSR count). The van der Waals surface area contributed by atoms with Gasteiger partial charge in [0.2, 0.25) is 0 Å². The van der Waals surface area contributed by atoms with Crippen LogP contribution in [0.4, 0.5) is 0 Å². The largest absolute Gasteiger partial charge is 1.00 e. The topological polar surface area (TPSA) is 0 Å². The highest BCUT2D eigenvalue weighted by Crippen LogP contribution is 2.27. The summed E-state index contributed by atoms with van der Waals surface area (Å²) >= 11 is 0. The number of nitrogens with zero attached hydrogens (tertiary/aromatic N) is 1. The van der Waals surface area contributed by atoms with Crippen molar-refractivity contribution in [1.29, 1.82) is 0 Å². The molecule has 0 saturated carbocycles. The third kappa shape index (κ3) is 3.20. The van der Waals surface area contributed by atoms with Crippen LogP contribution in [0.15, 0.2) is 30.3 Å². The molecule has 0 aromatic heterocycles. The van der Waals surface area contributed by atoms with Crippen molar-refractivity contribution in [3.63, 3.8) is 0 Å². The third-order valence-electron chi connectivity index (χ3n) is 3.99. The molecule has 0 fully saturated rings. The highest BCUT2D eigenvalue weighted by molar-refractivity contribution is 5.16. The SMILES string of the molecule is CC[N+](CC)(CC)[C@H](C)c1ccccc1.[I-]. The summed E-state index contributed by atoms with van der Waals surface area (Å²) in [7, 11) is 0. The summed E-state index contributed by atoms with van der Waals surface area (Å²) in [5.74, 6) is 0. The molecule has 0 amide bonds. The van der Waals surface area contributed by atoms with Crippen LogP contribution in [0.3, 0.4) is 0 Å². The first-order valence-electron chi connectivity index (χ1n) is 6.10. The molecule has 16 heavy (non-hydrogen) atoms. The minimum absolute atomic E-state index is 0. The lowest BCUT2D eigenvalue weighted by molar-refractivity contribution is -0.950. The lowest BCUT2D eigenvalue weighted by atomic mass is 10.0. The van der Waals surface area contributed by atoms with E-state index < -0.39 is 0 Å². The van der Waals surface area contributed by atoms with E-state index in [9.17, 15) is 0 Å². The van der Waals surface area contributed by atoms with Crippen LogP contribution < -0.4 is 24.0 Å². The van der Waals surface area contributed by atoms with Crippen LogP contribution in [0, 0.1) is 0 Å². The van der Waals surface area contributed by atoms with Crippen LogP contribution in [0.25, 0.3) is 0 Å². The summed E-state index contributed by atoms with van der Waals surface area (Å²) < 4.78 is 1.18. The Morgan fingerprint density at radius 3 is 1.75 bits per heavy atom. The second kappa shape index (κ2) is 7.28. The summed E-state index contributed by atoms with van der Waals surface area (Å²) in [6.07, 6.45) is 0. The number of halogens is 1. The van der Waals surface area contributed by atoms with Gasteiger partial charge in [-0.2, -0.15) is 0 Å². The summed E-state index contributed by atoms with van der Waals surface area (Å²) in [4.78, 5) is 0. The summed E-state index contributed by atoms with van der Waals surface area (Å²) in [5, 5.41) is 0. The van der Waals surface area contributed by atoms with Crippen LogP contribution in [0.1, 0.15) is 39.3 Å². The predicted octanol–water partition coefficient (Wildman–Crippen LogP) is 0.628. The zero-order valence-electron chi connectivity index (χ0n) is 10.9. The third-order valence-corrected chi connectivity index (χ3v) is 3.99. The first-order chi connectivity index (χ1) is 7.20. The standard InChI is InChI=1S/C14H24N.HI/c1-5-15(6-2,7-3)13(4)14-11-9-8-10-12-14;/h8-13H,5-7H2,1-4H3;1H/q+1;/p-1/t13-;/m1./s1. The van der Waals surface area contributed by atoms with Crippen molar-refractivity contribution >= 4 is 0 Å². The molecule has 1 aromatic carbocycles. The molecule has 0 bridgehead atoms. The van der Waals surface area contributed by atoms with Gasteiger partial charge in [0.25, 0.3) is 0 Å². The Kier molecular flexibility index (Phi) is 7.24. The quantitative estimate of drug-likeness (QED) is 0.548. The average Bonchev–Trinajstić information content (AvgIpc) is 2.33. The first kappa shape index (κ1) is 15.9. The Bertz CT molecular complexity index is 272. The fourth-order valence-corrected chi connectivity index (χ4v) is 2.54. The number of rotatable bonds is 5. The van der Waals surface area contributed by atoms with Gasteiger partial charge in [-0.15, -0.1) is 0 Å². The van der Waals surface area contributed by atoms with Gasteiger partial charge in [-0.1, -0.05) is 30.3 Å². The van der Waals surface area contributed by atoms with E-state index in [0.717, 1.165) is 0 Å². The average molecular weight is 333 g/mol. The molecule has 0 heterocycles. The number of hydrogen-bond acceptors (Lipinski definition) is 0. The molecule has 0 N–H and O–H groups in total. The molecule has 1 aromatic rings. The van der Waals surface area contributed by atoms with Crippen molar-refractivity contribution in [3.8, 4) is 0 Å². The van der Waals surface area contributed by atoms with Crippen molar-refractivity contribution in [2.24, 2.45) is 0 Å². The molecular formula is C14H24IN. The molecule has 0 unspecified atom stereocenters. The van der Waals surface area contributed by atoms with Gasteiger partial charge in [0.05, 0.1) is 19.6 Å². The smallest absolute Gasteiger partial charge is 0.112 e. The van der Waals surface area contributed by atoms with Gasteiger partial charge in [0, 0.05) is 5.56 Å². The monoisotopic (exact) mass is 333 g/mol. The second-order valence-corrected chi connectivity index (χ2v) is 4.25.